The molecule has 0 aliphatic carbocycles. The third kappa shape index (κ3) is 3.79. The van der Waals surface area contributed by atoms with E-state index in [0.29, 0.717) is 0 Å². The van der Waals surface area contributed by atoms with Gasteiger partial charge in [0.15, 0.2) is 12.3 Å². The maximum Gasteiger partial charge on any atom is 0.358 e. The summed E-state index contributed by atoms with van der Waals surface area (Å²) in [5.41, 5.74) is 0.262. The van der Waals surface area contributed by atoms with Crippen molar-refractivity contribution < 1.29 is 14.3 Å². The lowest BCUT2D eigenvalue weighted by Crippen LogP contribution is -2.44. The Kier molecular flexibility index (Phi) is 5.07. The number of amides is 1. The van der Waals surface area contributed by atoms with Crippen LogP contribution in [0.4, 0.5) is 0 Å². The molecule has 7 heteroatoms. The lowest BCUT2D eigenvalue weighted by Gasteiger charge is -2.33. The summed E-state index contributed by atoms with van der Waals surface area (Å²) in [6.45, 7) is 2.57. The summed E-state index contributed by atoms with van der Waals surface area (Å²) >= 11 is 2.97. The topological polar surface area (TPSA) is 59.5 Å². The van der Waals surface area contributed by atoms with Crippen LogP contribution in [0.15, 0.2) is 22.9 Å². The summed E-state index contributed by atoms with van der Waals surface area (Å²) in [6, 6.07) is 4.12. The number of esters is 1. The molecule has 2 aromatic heterocycles. The Bertz CT molecular complexity index is 681. The fourth-order valence-electron chi connectivity index (χ4n) is 2.63. The molecular weight excluding hydrogens is 332 g/mol. The van der Waals surface area contributed by atoms with Gasteiger partial charge < -0.3 is 9.64 Å². The van der Waals surface area contributed by atoms with Gasteiger partial charge in [-0.05, 0) is 37.6 Å². The molecule has 1 unspecified atom stereocenters. The van der Waals surface area contributed by atoms with E-state index >= 15 is 0 Å². The molecule has 0 spiro atoms. The van der Waals surface area contributed by atoms with Gasteiger partial charge >= 0.3 is 5.97 Å². The lowest BCUT2D eigenvalue weighted by molar-refractivity contribution is -0.137. The fraction of sp³-hybridized carbons (Fsp3) is 0.438. The van der Waals surface area contributed by atoms with Gasteiger partial charge in [0, 0.05) is 18.0 Å². The Balaban J connectivity index is 1.56. The fourth-order valence-corrected chi connectivity index (χ4v) is 4.24. The second-order valence-corrected chi connectivity index (χ2v) is 7.33. The smallest absolute Gasteiger partial charge is 0.358 e. The van der Waals surface area contributed by atoms with Gasteiger partial charge in [-0.1, -0.05) is 6.07 Å². The van der Waals surface area contributed by atoms with Crippen molar-refractivity contribution in [3.63, 3.8) is 0 Å². The zero-order chi connectivity index (χ0) is 16.2. The van der Waals surface area contributed by atoms with Gasteiger partial charge in [-0.3, -0.25) is 4.79 Å². The summed E-state index contributed by atoms with van der Waals surface area (Å²) in [4.78, 5) is 31.3. The highest BCUT2D eigenvalue weighted by Gasteiger charge is 2.24. The zero-order valence-electron chi connectivity index (χ0n) is 12.9. The van der Waals surface area contributed by atoms with Gasteiger partial charge in [0.05, 0.1) is 4.88 Å². The Morgan fingerprint density at radius 2 is 2.26 bits per heavy atom. The minimum Gasteiger partial charge on any atom is -0.451 e. The van der Waals surface area contributed by atoms with Crippen molar-refractivity contribution in [3.8, 4) is 9.88 Å². The van der Waals surface area contributed by atoms with Crippen LogP contribution in [-0.2, 0) is 9.53 Å². The molecule has 23 heavy (non-hydrogen) atoms. The third-order valence-corrected chi connectivity index (χ3v) is 5.78. The maximum atomic E-state index is 12.2. The molecule has 0 aromatic carbocycles. The van der Waals surface area contributed by atoms with E-state index in [1.54, 1.807) is 21.6 Å². The predicted octanol–water partition coefficient (Wildman–Crippen LogP) is 3.43. The molecule has 3 rings (SSSR count). The number of hydrogen-bond donors (Lipinski definition) is 0. The first-order valence-electron chi connectivity index (χ1n) is 7.61. The average molecular weight is 350 g/mol. The highest BCUT2D eigenvalue weighted by Crippen LogP contribution is 2.28. The van der Waals surface area contributed by atoms with Crippen LogP contribution in [0.5, 0.6) is 0 Å². The van der Waals surface area contributed by atoms with Crippen molar-refractivity contribution in [2.45, 2.75) is 32.2 Å². The molecule has 0 bridgehead atoms. The SMILES string of the molecule is CC1CCCCN1C(=O)COC(=O)c1csc(-c2cccs2)n1. The van der Waals surface area contributed by atoms with Crippen molar-refractivity contribution >= 4 is 34.6 Å². The Hall–Kier alpha value is -1.73. The molecule has 0 N–H and O–H groups in total. The molecule has 2 aromatic rings. The number of likely N-dealkylation sites (tertiary alicyclic amines) is 1. The maximum absolute atomic E-state index is 12.2. The highest BCUT2D eigenvalue weighted by atomic mass is 32.1. The first-order chi connectivity index (χ1) is 11.1. The second-order valence-electron chi connectivity index (χ2n) is 5.52. The summed E-state index contributed by atoms with van der Waals surface area (Å²) in [7, 11) is 0. The van der Waals surface area contributed by atoms with Crippen LogP contribution in [0.3, 0.4) is 0 Å². The first-order valence-corrected chi connectivity index (χ1v) is 9.37. The predicted molar refractivity (Wildman–Crippen MR) is 90.7 cm³/mol. The van der Waals surface area contributed by atoms with Gasteiger partial charge in [0.2, 0.25) is 0 Å². The number of ether oxygens (including phenoxy) is 1. The van der Waals surface area contributed by atoms with Crippen molar-refractivity contribution in [2.75, 3.05) is 13.2 Å². The molecule has 1 amide bonds. The van der Waals surface area contributed by atoms with Crippen LogP contribution >= 0.6 is 22.7 Å². The quantitative estimate of drug-likeness (QED) is 0.793. The summed E-state index contributed by atoms with van der Waals surface area (Å²) < 4.78 is 5.14. The normalized spacial score (nSPS) is 18.0. The number of aromatic nitrogens is 1. The second kappa shape index (κ2) is 7.23. The summed E-state index contributed by atoms with van der Waals surface area (Å²) in [6.07, 6.45) is 3.17. The van der Waals surface area contributed by atoms with Crippen LogP contribution in [0.1, 0.15) is 36.7 Å². The number of nitrogens with zero attached hydrogens (tertiary/aromatic N) is 2. The van der Waals surface area contributed by atoms with Gasteiger partial charge in [-0.2, -0.15) is 0 Å². The number of rotatable bonds is 4. The number of hydrogen-bond acceptors (Lipinski definition) is 6. The van der Waals surface area contributed by atoms with Crippen LogP contribution in [-0.4, -0.2) is 41.0 Å². The minimum atomic E-state index is -0.540. The molecule has 1 atom stereocenters. The molecule has 1 aliphatic rings. The van der Waals surface area contributed by atoms with E-state index < -0.39 is 5.97 Å². The third-order valence-electron chi connectivity index (χ3n) is 3.90. The number of thiazole rings is 1. The Morgan fingerprint density at radius 3 is 3.00 bits per heavy atom. The molecule has 5 nitrogen and oxygen atoms in total. The molecule has 1 fully saturated rings. The van der Waals surface area contributed by atoms with Gasteiger partial charge in [0.1, 0.15) is 5.01 Å². The van der Waals surface area contributed by atoms with E-state index in [1.165, 1.54) is 11.3 Å². The van der Waals surface area contributed by atoms with Crippen LogP contribution in [0.2, 0.25) is 0 Å². The van der Waals surface area contributed by atoms with E-state index in [4.69, 9.17) is 4.74 Å². The van der Waals surface area contributed by atoms with Crippen LogP contribution < -0.4 is 0 Å². The molecule has 122 valence electrons. The van der Waals surface area contributed by atoms with Crippen LogP contribution in [0, 0.1) is 0 Å². The molecule has 0 saturated carbocycles. The van der Waals surface area contributed by atoms with E-state index in [9.17, 15) is 9.59 Å². The Morgan fingerprint density at radius 1 is 1.39 bits per heavy atom. The summed E-state index contributed by atoms with van der Waals surface area (Å²) in [5.74, 6) is -0.665. The van der Waals surface area contributed by atoms with Crippen molar-refractivity contribution in [1.82, 2.24) is 9.88 Å². The number of thiophene rings is 1. The van der Waals surface area contributed by atoms with E-state index in [1.807, 2.05) is 24.4 Å². The Labute approximate surface area is 142 Å². The lowest BCUT2D eigenvalue weighted by atomic mass is 10.0. The zero-order valence-corrected chi connectivity index (χ0v) is 14.5. The van der Waals surface area contributed by atoms with E-state index in [0.717, 1.165) is 35.7 Å². The van der Waals surface area contributed by atoms with Crippen LogP contribution in [0.25, 0.3) is 9.88 Å². The molecule has 1 aliphatic heterocycles. The largest absolute Gasteiger partial charge is 0.451 e. The first kappa shape index (κ1) is 16.1. The number of carbonyl (C=O) groups is 2. The molecule has 0 radical (unpaired) electrons. The number of carbonyl (C=O) groups excluding carboxylic acids is 2. The molecular formula is C16H18N2O3S2. The van der Waals surface area contributed by atoms with Crippen molar-refractivity contribution in [2.24, 2.45) is 0 Å². The van der Waals surface area contributed by atoms with Gasteiger partial charge in [0.25, 0.3) is 5.91 Å². The highest BCUT2D eigenvalue weighted by molar-refractivity contribution is 7.20. The summed E-state index contributed by atoms with van der Waals surface area (Å²) in [5, 5.41) is 4.43. The molecule has 1 saturated heterocycles. The number of piperidine rings is 1. The molecule has 3 heterocycles. The van der Waals surface area contributed by atoms with Crippen molar-refractivity contribution in [1.29, 1.82) is 0 Å². The van der Waals surface area contributed by atoms with Gasteiger partial charge in [-0.25, -0.2) is 9.78 Å². The standard InChI is InChI=1S/C16H18N2O3S2/c1-11-5-2-3-7-18(11)14(19)9-21-16(20)12-10-23-15(17-12)13-6-4-8-22-13/h4,6,8,10-11H,2-3,5,7,9H2,1H3. The average Bonchev–Trinajstić information content (AvgIpc) is 3.23. The van der Waals surface area contributed by atoms with E-state index in [2.05, 4.69) is 4.98 Å². The van der Waals surface area contributed by atoms with E-state index in [-0.39, 0.29) is 24.2 Å². The minimum absolute atomic E-state index is 0.126. The van der Waals surface area contributed by atoms with Crippen molar-refractivity contribution in [3.05, 3.63) is 28.6 Å². The van der Waals surface area contributed by atoms with Gasteiger partial charge in [-0.15, -0.1) is 22.7 Å². The monoisotopic (exact) mass is 350 g/mol.